The molecule has 1 heterocycles. The van der Waals surface area contributed by atoms with Gasteiger partial charge in [0.25, 0.3) is 5.91 Å². The Labute approximate surface area is 167 Å². The van der Waals surface area contributed by atoms with Crippen molar-refractivity contribution in [1.82, 2.24) is 14.8 Å². The van der Waals surface area contributed by atoms with Crippen molar-refractivity contribution >= 4 is 22.4 Å². The fourth-order valence-electron chi connectivity index (χ4n) is 3.05. The summed E-state index contributed by atoms with van der Waals surface area (Å²) in [5, 5.41) is 8.88. The van der Waals surface area contributed by atoms with Crippen LogP contribution in [-0.4, -0.2) is 27.8 Å². The summed E-state index contributed by atoms with van der Waals surface area (Å²) < 4.78 is 12.9. The summed E-state index contributed by atoms with van der Waals surface area (Å²) in [5.74, 6) is 1.43. The zero-order valence-electron chi connectivity index (χ0n) is 16.1. The van der Waals surface area contributed by atoms with Gasteiger partial charge in [0.2, 0.25) is 0 Å². The first-order valence-corrected chi connectivity index (χ1v) is 9.08. The van der Waals surface area contributed by atoms with E-state index in [1.54, 1.807) is 31.0 Å². The van der Waals surface area contributed by atoms with Gasteiger partial charge in [-0.3, -0.25) is 9.48 Å². The molecular weight excluding hydrogens is 368 g/mol. The maximum Gasteiger partial charge on any atom is 0.259 e. The molecule has 4 aromatic rings. The Hall–Kier alpha value is -3.87. The molecular formula is C22H20N4O3. The first-order chi connectivity index (χ1) is 14.2. The molecule has 7 heteroatoms. The summed E-state index contributed by atoms with van der Waals surface area (Å²) >= 11 is 0. The fourth-order valence-corrected chi connectivity index (χ4v) is 3.05. The number of rotatable bonds is 6. The molecule has 4 rings (SSSR count). The molecule has 0 aliphatic rings. The predicted molar refractivity (Wildman–Crippen MR) is 110 cm³/mol. The molecule has 1 amide bonds. The molecule has 146 valence electrons. The second kappa shape index (κ2) is 8.02. The van der Waals surface area contributed by atoms with Crippen molar-refractivity contribution in [3.63, 3.8) is 0 Å². The normalized spacial score (nSPS) is 10.7. The molecule has 0 aliphatic heterocycles. The monoisotopic (exact) mass is 388 g/mol. The van der Waals surface area contributed by atoms with Gasteiger partial charge in [-0.2, -0.15) is 5.10 Å². The molecule has 3 aromatic carbocycles. The van der Waals surface area contributed by atoms with Gasteiger partial charge < -0.3 is 14.8 Å². The van der Waals surface area contributed by atoms with Crippen molar-refractivity contribution in [3.8, 4) is 11.5 Å². The van der Waals surface area contributed by atoms with Gasteiger partial charge in [0, 0.05) is 7.05 Å². The number of anilines is 1. The van der Waals surface area contributed by atoms with Crippen molar-refractivity contribution in [1.29, 1.82) is 0 Å². The highest BCUT2D eigenvalue weighted by Crippen LogP contribution is 2.29. The molecule has 1 N–H and O–H groups in total. The number of methoxy groups -OCH3 is 1. The third-order valence-electron chi connectivity index (χ3n) is 4.61. The van der Waals surface area contributed by atoms with Crippen molar-refractivity contribution < 1.29 is 14.3 Å². The minimum atomic E-state index is -0.284. The van der Waals surface area contributed by atoms with Crippen LogP contribution in [0.1, 0.15) is 16.2 Å². The highest BCUT2D eigenvalue weighted by molar-refractivity contribution is 6.09. The van der Waals surface area contributed by atoms with Crippen LogP contribution < -0.4 is 14.8 Å². The van der Waals surface area contributed by atoms with E-state index in [2.05, 4.69) is 15.4 Å². The van der Waals surface area contributed by atoms with Crippen molar-refractivity contribution in [3.05, 3.63) is 78.4 Å². The van der Waals surface area contributed by atoms with E-state index in [-0.39, 0.29) is 12.5 Å². The van der Waals surface area contributed by atoms with Gasteiger partial charge in [-0.05, 0) is 35.0 Å². The molecule has 1 aromatic heterocycles. The Morgan fingerprint density at radius 3 is 2.48 bits per heavy atom. The molecule has 0 atom stereocenters. The van der Waals surface area contributed by atoms with Gasteiger partial charge in [-0.1, -0.05) is 36.4 Å². The molecule has 0 bridgehead atoms. The Balaban J connectivity index is 1.69. The molecule has 0 unspecified atom stereocenters. The second-order valence-electron chi connectivity index (χ2n) is 6.44. The first kappa shape index (κ1) is 18.5. The summed E-state index contributed by atoms with van der Waals surface area (Å²) in [5.41, 5.74) is 1.02. The largest absolute Gasteiger partial charge is 0.495 e. The number of carbonyl (C=O) groups excluding carboxylic acids is 1. The number of aryl methyl sites for hydroxylation is 1. The number of nitrogens with zero attached hydrogens (tertiary/aromatic N) is 3. The van der Waals surface area contributed by atoms with Crippen molar-refractivity contribution in [2.75, 3.05) is 12.4 Å². The van der Waals surface area contributed by atoms with Gasteiger partial charge in [0.1, 0.15) is 24.4 Å². The average Bonchev–Trinajstić information content (AvgIpc) is 3.16. The number of aromatic nitrogens is 3. The lowest BCUT2D eigenvalue weighted by Gasteiger charge is -2.14. The third kappa shape index (κ3) is 3.89. The molecule has 29 heavy (non-hydrogen) atoms. The SMILES string of the molecule is COc1ccccc1NC(=O)c1cc2ccccc2cc1OCc1ncnn1C. The summed E-state index contributed by atoms with van der Waals surface area (Å²) in [7, 11) is 3.36. The summed E-state index contributed by atoms with van der Waals surface area (Å²) in [4.78, 5) is 17.3. The quantitative estimate of drug-likeness (QED) is 0.543. The molecule has 0 saturated carbocycles. The van der Waals surface area contributed by atoms with E-state index >= 15 is 0 Å². The van der Waals surface area contributed by atoms with Crippen LogP contribution in [0.4, 0.5) is 5.69 Å². The number of nitrogens with one attached hydrogen (secondary N) is 1. The highest BCUT2D eigenvalue weighted by atomic mass is 16.5. The number of hydrogen-bond acceptors (Lipinski definition) is 5. The molecule has 0 fully saturated rings. The Kier molecular flexibility index (Phi) is 5.11. The van der Waals surface area contributed by atoms with Gasteiger partial charge in [0.05, 0.1) is 18.4 Å². The molecule has 0 saturated heterocycles. The number of amides is 1. The Morgan fingerprint density at radius 2 is 1.76 bits per heavy atom. The van der Waals surface area contributed by atoms with Crippen molar-refractivity contribution in [2.24, 2.45) is 7.05 Å². The van der Waals surface area contributed by atoms with Crippen LogP contribution in [0.5, 0.6) is 11.5 Å². The van der Waals surface area contributed by atoms with Crippen LogP contribution in [-0.2, 0) is 13.7 Å². The van der Waals surface area contributed by atoms with E-state index in [4.69, 9.17) is 9.47 Å². The Bertz CT molecular complexity index is 1170. The fraction of sp³-hybridized carbons (Fsp3) is 0.136. The Morgan fingerprint density at radius 1 is 1.03 bits per heavy atom. The van der Waals surface area contributed by atoms with Gasteiger partial charge >= 0.3 is 0 Å². The number of para-hydroxylation sites is 2. The van der Waals surface area contributed by atoms with E-state index in [1.165, 1.54) is 6.33 Å². The van der Waals surface area contributed by atoms with Crippen LogP contribution >= 0.6 is 0 Å². The van der Waals surface area contributed by atoms with Gasteiger partial charge in [-0.25, -0.2) is 4.98 Å². The van der Waals surface area contributed by atoms with E-state index in [0.717, 1.165) is 10.8 Å². The van der Waals surface area contributed by atoms with Crippen LogP contribution in [0.25, 0.3) is 10.8 Å². The number of carbonyl (C=O) groups is 1. The van der Waals surface area contributed by atoms with E-state index in [9.17, 15) is 4.79 Å². The lowest BCUT2D eigenvalue weighted by molar-refractivity contribution is 0.102. The van der Waals surface area contributed by atoms with Gasteiger partial charge in [0.15, 0.2) is 5.82 Å². The van der Waals surface area contributed by atoms with Crippen LogP contribution in [0, 0.1) is 0 Å². The second-order valence-corrected chi connectivity index (χ2v) is 6.44. The lowest BCUT2D eigenvalue weighted by atomic mass is 10.1. The molecule has 7 nitrogen and oxygen atoms in total. The van der Waals surface area contributed by atoms with Crippen LogP contribution in [0.3, 0.4) is 0 Å². The summed E-state index contributed by atoms with van der Waals surface area (Å²) in [6, 6.07) is 18.8. The third-order valence-corrected chi connectivity index (χ3v) is 4.61. The van der Waals surface area contributed by atoms with Gasteiger partial charge in [-0.15, -0.1) is 0 Å². The number of benzene rings is 3. The minimum absolute atomic E-state index is 0.198. The number of ether oxygens (including phenoxy) is 2. The number of fused-ring (bicyclic) bond motifs is 1. The van der Waals surface area contributed by atoms with Crippen molar-refractivity contribution in [2.45, 2.75) is 6.61 Å². The molecule has 0 aliphatic carbocycles. The molecule has 0 radical (unpaired) electrons. The zero-order chi connectivity index (χ0) is 20.2. The van der Waals surface area contributed by atoms with E-state index in [0.29, 0.717) is 28.6 Å². The predicted octanol–water partition coefficient (Wildman–Crippen LogP) is 3.81. The minimum Gasteiger partial charge on any atom is -0.495 e. The van der Waals surface area contributed by atoms with Crippen LogP contribution in [0.2, 0.25) is 0 Å². The maximum absolute atomic E-state index is 13.1. The van der Waals surface area contributed by atoms with E-state index < -0.39 is 0 Å². The topological polar surface area (TPSA) is 78.3 Å². The standard InChI is InChI=1S/C22H20N4O3/c1-26-21(23-14-24-26)13-29-20-12-16-8-4-3-7-15(16)11-17(20)22(27)25-18-9-5-6-10-19(18)28-2/h3-12,14H,13H2,1-2H3,(H,25,27). The van der Waals surface area contributed by atoms with E-state index in [1.807, 2.05) is 48.5 Å². The highest BCUT2D eigenvalue weighted by Gasteiger charge is 2.17. The average molecular weight is 388 g/mol. The zero-order valence-corrected chi connectivity index (χ0v) is 16.1. The van der Waals surface area contributed by atoms with Crippen LogP contribution in [0.15, 0.2) is 67.0 Å². The summed E-state index contributed by atoms with van der Waals surface area (Å²) in [6.07, 6.45) is 1.47. The number of hydrogen-bond donors (Lipinski definition) is 1. The summed E-state index contributed by atoms with van der Waals surface area (Å²) in [6.45, 7) is 0.198. The lowest BCUT2D eigenvalue weighted by Crippen LogP contribution is -2.15. The first-order valence-electron chi connectivity index (χ1n) is 9.08. The smallest absolute Gasteiger partial charge is 0.259 e. The maximum atomic E-state index is 13.1. The molecule has 0 spiro atoms.